The third-order valence-corrected chi connectivity index (χ3v) is 2.27. The van der Waals surface area contributed by atoms with E-state index in [-0.39, 0.29) is 5.91 Å². The van der Waals surface area contributed by atoms with Gasteiger partial charge in [-0.3, -0.25) is 5.73 Å². The fourth-order valence-electron chi connectivity index (χ4n) is 1.66. The molecule has 2 aromatic rings. The lowest BCUT2D eigenvalue weighted by Gasteiger charge is -2.02. The van der Waals surface area contributed by atoms with Crippen LogP contribution in [0.5, 0.6) is 0 Å². The number of amides is 1. The Bertz CT molecular complexity index is 471. The molecule has 70 valence electrons. The Morgan fingerprint density at radius 1 is 1.07 bits per heavy atom. The number of quaternary nitrogens is 1. The molecule has 0 spiro atoms. The molecule has 2 heteroatoms. The first-order chi connectivity index (χ1) is 6.77. The number of hydrogen-bond acceptors (Lipinski definition) is 1. The third kappa shape index (κ3) is 1.65. The fraction of sp³-hybridized carbons (Fsp3) is 0.0833. The van der Waals surface area contributed by atoms with Crippen LogP contribution < -0.4 is 5.73 Å². The van der Waals surface area contributed by atoms with E-state index in [1.165, 1.54) is 5.39 Å². The first kappa shape index (κ1) is 8.91. The second-order valence-corrected chi connectivity index (χ2v) is 3.35. The molecular formula is C12H12NO+. The van der Waals surface area contributed by atoms with Gasteiger partial charge in [0.05, 0.1) is 6.42 Å². The number of carbonyl (C=O) groups is 1. The van der Waals surface area contributed by atoms with Crippen LogP contribution in [0.15, 0.2) is 42.5 Å². The van der Waals surface area contributed by atoms with E-state index in [1.807, 2.05) is 42.5 Å². The number of hydrogen-bond donors (Lipinski definition) is 1. The summed E-state index contributed by atoms with van der Waals surface area (Å²) in [5, 5.41) is 2.32. The summed E-state index contributed by atoms with van der Waals surface area (Å²) in [5.41, 5.74) is 4.46. The van der Waals surface area contributed by atoms with E-state index >= 15 is 0 Å². The van der Waals surface area contributed by atoms with E-state index in [1.54, 1.807) is 0 Å². The van der Waals surface area contributed by atoms with Gasteiger partial charge in [0.1, 0.15) is 0 Å². The lowest BCUT2D eigenvalue weighted by molar-refractivity contribution is -0.304. The summed E-state index contributed by atoms with van der Waals surface area (Å²) < 4.78 is 0. The van der Waals surface area contributed by atoms with Gasteiger partial charge in [-0.2, -0.15) is 0 Å². The Labute approximate surface area is 82.3 Å². The molecular weight excluding hydrogens is 174 g/mol. The van der Waals surface area contributed by atoms with Gasteiger partial charge in [-0.05, 0) is 16.3 Å². The minimum atomic E-state index is -0.0404. The molecule has 0 aromatic heterocycles. The lowest BCUT2D eigenvalue weighted by Crippen LogP contribution is -2.57. The Morgan fingerprint density at radius 3 is 2.57 bits per heavy atom. The highest BCUT2D eigenvalue weighted by Crippen LogP contribution is 2.18. The van der Waals surface area contributed by atoms with Crippen molar-refractivity contribution in [1.82, 2.24) is 0 Å². The monoisotopic (exact) mass is 186 g/mol. The summed E-state index contributed by atoms with van der Waals surface area (Å²) in [4.78, 5) is 10.9. The van der Waals surface area contributed by atoms with Crippen molar-refractivity contribution in [1.29, 1.82) is 0 Å². The molecule has 0 unspecified atom stereocenters. The normalized spacial score (nSPS) is 10.4. The van der Waals surface area contributed by atoms with Gasteiger partial charge >= 0.3 is 5.91 Å². The van der Waals surface area contributed by atoms with Crippen molar-refractivity contribution in [3.05, 3.63) is 48.0 Å². The van der Waals surface area contributed by atoms with Gasteiger partial charge in [0.2, 0.25) is 0 Å². The number of carbonyl (C=O) groups excluding carboxylic acids is 1. The number of benzene rings is 2. The second kappa shape index (κ2) is 3.60. The zero-order chi connectivity index (χ0) is 9.97. The average molecular weight is 186 g/mol. The molecule has 2 nitrogen and oxygen atoms in total. The zero-order valence-electron chi connectivity index (χ0n) is 7.86. The van der Waals surface area contributed by atoms with Crippen molar-refractivity contribution in [3.8, 4) is 0 Å². The molecule has 14 heavy (non-hydrogen) atoms. The summed E-state index contributed by atoms with van der Waals surface area (Å²) in [7, 11) is 0. The van der Waals surface area contributed by atoms with Crippen LogP contribution >= 0.6 is 0 Å². The summed E-state index contributed by atoms with van der Waals surface area (Å²) in [6.07, 6.45) is 0.418. The molecule has 0 aliphatic heterocycles. The van der Waals surface area contributed by atoms with E-state index in [2.05, 4.69) is 5.73 Å². The van der Waals surface area contributed by atoms with E-state index < -0.39 is 0 Å². The largest absolute Gasteiger partial charge is 0.313 e. The van der Waals surface area contributed by atoms with Gasteiger partial charge in [0.25, 0.3) is 0 Å². The highest BCUT2D eigenvalue weighted by atomic mass is 16.1. The molecule has 0 aliphatic carbocycles. The second-order valence-electron chi connectivity index (χ2n) is 3.35. The van der Waals surface area contributed by atoms with Crippen molar-refractivity contribution >= 4 is 16.7 Å². The summed E-state index contributed by atoms with van der Waals surface area (Å²) in [5.74, 6) is -0.0404. The van der Waals surface area contributed by atoms with Gasteiger partial charge in [0.15, 0.2) is 0 Å². The molecule has 0 aliphatic rings. The highest BCUT2D eigenvalue weighted by Gasteiger charge is 2.04. The first-order valence-corrected chi connectivity index (χ1v) is 4.59. The molecule has 0 atom stereocenters. The van der Waals surface area contributed by atoms with Crippen LogP contribution in [0.2, 0.25) is 0 Å². The van der Waals surface area contributed by atoms with Crippen molar-refractivity contribution < 1.29 is 10.5 Å². The molecule has 1 amide bonds. The third-order valence-electron chi connectivity index (χ3n) is 2.27. The predicted molar refractivity (Wildman–Crippen MR) is 55.5 cm³/mol. The lowest BCUT2D eigenvalue weighted by atomic mass is 10.0. The van der Waals surface area contributed by atoms with Crippen LogP contribution in [0.1, 0.15) is 5.56 Å². The maximum absolute atomic E-state index is 10.9. The maximum atomic E-state index is 10.9. The van der Waals surface area contributed by atoms with E-state index in [0.29, 0.717) is 6.42 Å². The molecule has 0 saturated carbocycles. The Kier molecular flexibility index (Phi) is 2.29. The molecule has 0 fully saturated rings. The van der Waals surface area contributed by atoms with Crippen LogP contribution in [0.4, 0.5) is 0 Å². The smallest absolute Gasteiger partial charge is 0.294 e. The molecule has 3 N–H and O–H groups in total. The molecule has 0 saturated heterocycles. The zero-order valence-corrected chi connectivity index (χ0v) is 7.86. The number of rotatable bonds is 2. The standard InChI is InChI=1S/C12H11NO/c13-12(14)8-10-6-3-5-9-4-1-2-7-11(9)10/h1-7H,8H2,(H2,13,14)/p+1. The number of fused-ring (bicyclic) bond motifs is 1. The van der Waals surface area contributed by atoms with Crippen LogP contribution in [-0.4, -0.2) is 5.91 Å². The van der Waals surface area contributed by atoms with Crippen molar-refractivity contribution in [2.24, 2.45) is 0 Å². The summed E-state index contributed by atoms with van der Waals surface area (Å²) in [6, 6.07) is 14.1. The first-order valence-electron chi connectivity index (χ1n) is 4.59. The Hall–Kier alpha value is -1.67. The van der Waals surface area contributed by atoms with Crippen molar-refractivity contribution in [2.45, 2.75) is 6.42 Å². The highest BCUT2D eigenvalue weighted by molar-refractivity contribution is 5.88. The van der Waals surface area contributed by atoms with Crippen LogP contribution in [0.25, 0.3) is 10.8 Å². The SMILES string of the molecule is [NH3+]C(=O)Cc1cccc2ccccc12. The maximum Gasteiger partial charge on any atom is 0.313 e. The molecule has 0 bridgehead atoms. The van der Waals surface area contributed by atoms with Crippen LogP contribution in [-0.2, 0) is 11.2 Å². The van der Waals surface area contributed by atoms with Gasteiger partial charge < -0.3 is 0 Å². The average Bonchev–Trinajstić information content (AvgIpc) is 2.18. The van der Waals surface area contributed by atoms with Gasteiger partial charge in [-0.25, -0.2) is 4.79 Å². The van der Waals surface area contributed by atoms with Gasteiger partial charge in [-0.15, -0.1) is 0 Å². The molecule has 0 radical (unpaired) electrons. The molecule has 0 heterocycles. The van der Waals surface area contributed by atoms with Gasteiger partial charge in [0, 0.05) is 0 Å². The van der Waals surface area contributed by atoms with E-state index in [0.717, 1.165) is 10.9 Å². The summed E-state index contributed by atoms with van der Waals surface area (Å²) in [6.45, 7) is 0. The van der Waals surface area contributed by atoms with E-state index in [4.69, 9.17) is 0 Å². The molecule has 2 aromatic carbocycles. The quantitative estimate of drug-likeness (QED) is 0.751. The van der Waals surface area contributed by atoms with Gasteiger partial charge in [-0.1, -0.05) is 42.5 Å². The van der Waals surface area contributed by atoms with Crippen molar-refractivity contribution in [2.75, 3.05) is 0 Å². The minimum Gasteiger partial charge on any atom is -0.294 e. The predicted octanol–water partition coefficient (Wildman–Crippen LogP) is 1.15. The minimum absolute atomic E-state index is 0.0404. The Morgan fingerprint density at radius 2 is 1.79 bits per heavy atom. The Balaban J connectivity index is 2.59. The summed E-state index contributed by atoms with van der Waals surface area (Å²) >= 11 is 0. The molecule has 2 rings (SSSR count). The van der Waals surface area contributed by atoms with Crippen LogP contribution in [0.3, 0.4) is 0 Å². The van der Waals surface area contributed by atoms with Crippen molar-refractivity contribution in [3.63, 3.8) is 0 Å². The topological polar surface area (TPSA) is 44.7 Å². The van der Waals surface area contributed by atoms with Crippen LogP contribution in [0, 0.1) is 0 Å². The van der Waals surface area contributed by atoms with E-state index in [9.17, 15) is 4.79 Å². The fourth-order valence-corrected chi connectivity index (χ4v) is 1.66.